The summed E-state index contributed by atoms with van der Waals surface area (Å²) in [6.07, 6.45) is 0. The van der Waals surface area contributed by atoms with Gasteiger partial charge in [0.25, 0.3) is 17.7 Å². The molecule has 7 nitrogen and oxygen atoms in total. The number of benzene rings is 3. The van der Waals surface area contributed by atoms with Crippen LogP contribution >= 0.6 is 0 Å². The van der Waals surface area contributed by atoms with Crippen molar-refractivity contribution in [2.75, 3.05) is 21.3 Å². The Bertz CT molecular complexity index is 931. The monoisotopic (exact) mass is 419 g/mol. The van der Waals surface area contributed by atoms with E-state index in [1.165, 1.54) is 57.7 Å². The van der Waals surface area contributed by atoms with Gasteiger partial charge in [0.15, 0.2) is 0 Å². The van der Waals surface area contributed by atoms with Gasteiger partial charge in [0.1, 0.15) is 17.2 Å². The molecule has 0 spiro atoms. The maximum absolute atomic E-state index is 13.2. The minimum absolute atomic E-state index is 0.171. The van der Waals surface area contributed by atoms with Crippen molar-refractivity contribution in [3.63, 3.8) is 0 Å². The highest BCUT2D eigenvalue weighted by Crippen LogP contribution is 2.20. The molecule has 0 saturated heterocycles. The van der Waals surface area contributed by atoms with Crippen molar-refractivity contribution in [1.82, 2.24) is 4.90 Å². The summed E-state index contributed by atoms with van der Waals surface area (Å²) in [6.45, 7) is 0. The van der Waals surface area contributed by atoms with Gasteiger partial charge in [0, 0.05) is 16.7 Å². The van der Waals surface area contributed by atoms with Gasteiger partial charge in [-0.1, -0.05) is 0 Å². The van der Waals surface area contributed by atoms with Gasteiger partial charge in [-0.05, 0) is 72.8 Å². The lowest BCUT2D eigenvalue weighted by molar-refractivity contribution is 0.0538. The third-order valence-corrected chi connectivity index (χ3v) is 4.62. The number of imide groups is 3. The van der Waals surface area contributed by atoms with Crippen LogP contribution in [0.1, 0.15) is 31.1 Å². The van der Waals surface area contributed by atoms with Crippen molar-refractivity contribution < 1.29 is 28.6 Å². The van der Waals surface area contributed by atoms with Crippen molar-refractivity contribution in [3.05, 3.63) is 89.5 Å². The standard InChI is InChI=1S/C24H21NO6/c1-29-19-10-4-16(5-11-19)22(26)25(23(27)17-6-12-20(30-2)13-7-17)24(28)18-8-14-21(31-3)15-9-18/h4-15H,1-3H3. The number of hydrogen-bond donors (Lipinski definition) is 0. The summed E-state index contributed by atoms with van der Waals surface area (Å²) in [5.41, 5.74) is 0.513. The minimum Gasteiger partial charge on any atom is -0.497 e. The average Bonchev–Trinajstić information content (AvgIpc) is 2.84. The van der Waals surface area contributed by atoms with E-state index in [2.05, 4.69) is 0 Å². The van der Waals surface area contributed by atoms with Crippen LogP contribution in [-0.2, 0) is 0 Å². The SMILES string of the molecule is COc1ccc(C(=O)N(C(=O)c2ccc(OC)cc2)C(=O)c2ccc(OC)cc2)cc1. The number of hydrogen-bond acceptors (Lipinski definition) is 6. The quantitative estimate of drug-likeness (QED) is 0.565. The summed E-state index contributed by atoms with van der Waals surface area (Å²) in [6, 6.07) is 18.5. The maximum atomic E-state index is 13.2. The molecule has 3 aromatic carbocycles. The fourth-order valence-electron chi connectivity index (χ4n) is 2.86. The van der Waals surface area contributed by atoms with Gasteiger partial charge in [-0.2, -0.15) is 0 Å². The van der Waals surface area contributed by atoms with Gasteiger partial charge in [-0.3, -0.25) is 14.4 Å². The molecule has 3 aromatic rings. The Morgan fingerprint density at radius 2 is 0.710 bits per heavy atom. The maximum Gasteiger partial charge on any atom is 0.267 e. The first kappa shape index (κ1) is 21.6. The number of nitrogens with zero attached hydrogens (tertiary/aromatic N) is 1. The Balaban J connectivity index is 2.01. The zero-order valence-electron chi connectivity index (χ0n) is 17.3. The highest BCUT2D eigenvalue weighted by molar-refractivity contribution is 6.24. The number of carbonyl (C=O) groups is 3. The molecule has 0 radical (unpaired) electrons. The molecule has 0 aliphatic carbocycles. The second kappa shape index (κ2) is 9.58. The smallest absolute Gasteiger partial charge is 0.267 e. The molecule has 158 valence electrons. The molecule has 7 heteroatoms. The second-order valence-electron chi connectivity index (χ2n) is 6.44. The van der Waals surface area contributed by atoms with Gasteiger partial charge in [-0.15, -0.1) is 0 Å². The number of carbonyl (C=O) groups excluding carboxylic acids is 3. The predicted octanol–water partition coefficient (Wildman–Crippen LogP) is 3.84. The fourth-order valence-corrected chi connectivity index (χ4v) is 2.86. The van der Waals surface area contributed by atoms with Crippen LogP contribution in [0, 0.1) is 0 Å². The molecule has 3 amide bonds. The molecule has 0 aliphatic rings. The first-order chi connectivity index (χ1) is 15.0. The predicted molar refractivity (Wildman–Crippen MR) is 114 cm³/mol. The first-order valence-corrected chi connectivity index (χ1v) is 9.33. The first-order valence-electron chi connectivity index (χ1n) is 9.33. The molecule has 0 unspecified atom stereocenters. The Morgan fingerprint density at radius 1 is 0.484 bits per heavy atom. The third-order valence-electron chi connectivity index (χ3n) is 4.62. The Hall–Kier alpha value is -4.13. The van der Waals surface area contributed by atoms with E-state index in [4.69, 9.17) is 14.2 Å². The molecule has 0 atom stereocenters. The molecule has 0 bridgehead atoms. The number of amides is 3. The molecular weight excluding hydrogens is 398 g/mol. The molecular formula is C24H21NO6. The average molecular weight is 419 g/mol. The van der Waals surface area contributed by atoms with Crippen molar-refractivity contribution in [2.24, 2.45) is 0 Å². The molecule has 0 fully saturated rings. The van der Waals surface area contributed by atoms with Crippen LogP contribution in [0.15, 0.2) is 72.8 Å². The number of rotatable bonds is 6. The van der Waals surface area contributed by atoms with Crippen LogP contribution in [0.2, 0.25) is 0 Å². The van der Waals surface area contributed by atoms with Crippen molar-refractivity contribution in [1.29, 1.82) is 0 Å². The molecule has 0 aromatic heterocycles. The second-order valence-corrected chi connectivity index (χ2v) is 6.44. The highest BCUT2D eigenvalue weighted by Gasteiger charge is 2.31. The molecule has 31 heavy (non-hydrogen) atoms. The van der Waals surface area contributed by atoms with Crippen molar-refractivity contribution >= 4 is 17.7 Å². The van der Waals surface area contributed by atoms with Crippen LogP contribution in [0.3, 0.4) is 0 Å². The Morgan fingerprint density at radius 3 is 0.903 bits per heavy atom. The van der Waals surface area contributed by atoms with E-state index in [1.807, 2.05) is 0 Å². The molecule has 0 heterocycles. The summed E-state index contributed by atoms with van der Waals surface area (Å²) in [4.78, 5) is 40.3. The summed E-state index contributed by atoms with van der Waals surface area (Å²) >= 11 is 0. The topological polar surface area (TPSA) is 82.1 Å². The minimum atomic E-state index is -0.746. The van der Waals surface area contributed by atoms with E-state index in [1.54, 1.807) is 36.4 Å². The highest BCUT2D eigenvalue weighted by atomic mass is 16.5. The third kappa shape index (κ3) is 4.72. The van der Waals surface area contributed by atoms with E-state index in [0.717, 1.165) is 0 Å². The lowest BCUT2D eigenvalue weighted by atomic mass is 10.1. The van der Waals surface area contributed by atoms with E-state index >= 15 is 0 Å². The van der Waals surface area contributed by atoms with Crippen LogP contribution in [-0.4, -0.2) is 44.0 Å². The Labute approximate surface area is 179 Å². The molecule has 0 aliphatic heterocycles. The van der Waals surface area contributed by atoms with Crippen molar-refractivity contribution in [2.45, 2.75) is 0 Å². The molecule has 3 rings (SSSR count). The summed E-state index contributed by atoms with van der Waals surface area (Å²) in [5, 5.41) is 0. The summed E-state index contributed by atoms with van der Waals surface area (Å²) in [7, 11) is 4.51. The van der Waals surface area contributed by atoms with Crippen LogP contribution in [0.4, 0.5) is 0 Å². The summed E-state index contributed by atoms with van der Waals surface area (Å²) in [5.74, 6) is -0.596. The molecule has 0 saturated carbocycles. The normalized spacial score (nSPS) is 10.2. The zero-order chi connectivity index (χ0) is 22.4. The lowest BCUT2D eigenvalue weighted by Gasteiger charge is -2.20. The van der Waals surface area contributed by atoms with E-state index in [9.17, 15) is 14.4 Å². The number of ether oxygens (including phenoxy) is 3. The lowest BCUT2D eigenvalue weighted by Crippen LogP contribution is -2.42. The summed E-state index contributed by atoms with van der Waals surface area (Å²) < 4.78 is 15.3. The van der Waals surface area contributed by atoms with Crippen LogP contribution in [0.25, 0.3) is 0 Å². The van der Waals surface area contributed by atoms with E-state index in [-0.39, 0.29) is 16.7 Å². The van der Waals surface area contributed by atoms with E-state index in [0.29, 0.717) is 22.1 Å². The van der Waals surface area contributed by atoms with Crippen molar-refractivity contribution in [3.8, 4) is 17.2 Å². The van der Waals surface area contributed by atoms with E-state index < -0.39 is 17.7 Å². The fraction of sp³-hybridized carbons (Fsp3) is 0.125. The van der Waals surface area contributed by atoms with Gasteiger partial charge in [0.05, 0.1) is 21.3 Å². The zero-order valence-corrected chi connectivity index (χ0v) is 17.3. The Kier molecular flexibility index (Phi) is 6.67. The van der Waals surface area contributed by atoms with Crippen LogP contribution in [0.5, 0.6) is 17.2 Å². The van der Waals surface area contributed by atoms with Gasteiger partial charge in [-0.25, -0.2) is 4.90 Å². The van der Waals surface area contributed by atoms with Gasteiger partial charge >= 0.3 is 0 Å². The van der Waals surface area contributed by atoms with Crippen LogP contribution < -0.4 is 14.2 Å². The van der Waals surface area contributed by atoms with Gasteiger partial charge in [0.2, 0.25) is 0 Å². The largest absolute Gasteiger partial charge is 0.497 e. The van der Waals surface area contributed by atoms with Gasteiger partial charge < -0.3 is 14.2 Å². The number of methoxy groups -OCH3 is 3. The molecule has 0 N–H and O–H groups in total.